The van der Waals surface area contributed by atoms with Gasteiger partial charge in [0.15, 0.2) is 0 Å². The fourth-order valence-corrected chi connectivity index (χ4v) is 6.40. The number of hydrogen-bond donors (Lipinski definition) is 2. The van der Waals surface area contributed by atoms with E-state index in [9.17, 15) is 30.0 Å². The van der Waals surface area contributed by atoms with Gasteiger partial charge in [0.05, 0.1) is 24.1 Å². The van der Waals surface area contributed by atoms with Crippen molar-refractivity contribution in [2.45, 2.75) is 144 Å². The molecule has 0 radical (unpaired) electrons. The predicted molar refractivity (Wildman–Crippen MR) is 200 cm³/mol. The van der Waals surface area contributed by atoms with Crippen molar-refractivity contribution in [1.82, 2.24) is 0 Å². The van der Waals surface area contributed by atoms with Crippen molar-refractivity contribution >= 4 is 61.8 Å². The molecule has 2 unspecified atom stereocenters. The van der Waals surface area contributed by atoms with E-state index in [1.54, 1.807) is 27.7 Å². The minimum absolute atomic E-state index is 0. The maximum Gasteiger partial charge on any atom is 2.00 e. The molecule has 49 heavy (non-hydrogen) atoms. The summed E-state index contributed by atoms with van der Waals surface area (Å²) in [6.07, 6.45) is 13.4. The fourth-order valence-electron chi connectivity index (χ4n) is 6.40. The smallest absolute Gasteiger partial charge is 0.549 e. The SMILES string of the molecule is CCCCCCC(=Cc1ccccc1)C(O)C(CC)(CC)C(=O)[O-].CCCCCCC(=Cc1ccccc1)C(O)C(CC)(CC)C(=O)[O-].[Ca+2]. The molecule has 0 aromatic heterocycles. The summed E-state index contributed by atoms with van der Waals surface area (Å²) in [4.78, 5) is 23.5. The zero-order valence-electron chi connectivity index (χ0n) is 31.2. The number of benzene rings is 2. The third kappa shape index (κ3) is 14.7. The summed E-state index contributed by atoms with van der Waals surface area (Å²) in [6.45, 7) is 11.5. The fraction of sp³-hybridized carbons (Fsp3) is 0.571. The number of carboxylic acids is 2. The number of aliphatic carboxylic acids is 2. The molecule has 0 bridgehead atoms. The Morgan fingerprint density at radius 1 is 0.571 bits per heavy atom. The molecule has 2 aromatic rings. The molecule has 0 aliphatic carbocycles. The van der Waals surface area contributed by atoms with Gasteiger partial charge in [-0.1, -0.05) is 153 Å². The Balaban J connectivity index is 0.000000922. The molecule has 7 heteroatoms. The van der Waals surface area contributed by atoms with Gasteiger partial charge in [0.25, 0.3) is 0 Å². The summed E-state index contributed by atoms with van der Waals surface area (Å²) >= 11 is 0. The Morgan fingerprint density at radius 2 is 0.878 bits per heavy atom. The van der Waals surface area contributed by atoms with Crippen LogP contribution in [-0.4, -0.2) is 72.1 Å². The first-order chi connectivity index (χ1) is 23.0. The van der Waals surface area contributed by atoms with Gasteiger partial charge in [0.2, 0.25) is 0 Å². The Bertz CT molecular complexity index is 1130. The van der Waals surface area contributed by atoms with E-state index in [4.69, 9.17) is 0 Å². The summed E-state index contributed by atoms with van der Waals surface area (Å²) in [5.74, 6) is -2.32. The van der Waals surface area contributed by atoms with Crippen molar-refractivity contribution in [2.24, 2.45) is 10.8 Å². The number of carbonyl (C=O) groups is 2. The second-order valence-electron chi connectivity index (χ2n) is 13.0. The van der Waals surface area contributed by atoms with E-state index in [2.05, 4.69) is 13.8 Å². The molecule has 0 spiro atoms. The predicted octanol–water partition coefficient (Wildman–Crippen LogP) is 7.53. The average molecular weight is 703 g/mol. The first-order valence-electron chi connectivity index (χ1n) is 18.3. The average Bonchev–Trinajstić information content (AvgIpc) is 3.10. The molecule has 0 saturated heterocycles. The van der Waals surface area contributed by atoms with E-state index in [-0.39, 0.29) is 37.7 Å². The van der Waals surface area contributed by atoms with Crippen molar-refractivity contribution in [3.63, 3.8) is 0 Å². The Kier molecular flexibility index (Phi) is 24.9. The molecular formula is C42H62CaO6. The number of aliphatic hydroxyl groups is 2. The van der Waals surface area contributed by atoms with Crippen LogP contribution in [0.2, 0.25) is 0 Å². The van der Waals surface area contributed by atoms with E-state index < -0.39 is 35.0 Å². The first kappa shape index (κ1) is 47.0. The van der Waals surface area contributed by atoms with Crippen LogP contribution < -0.4 is 10.2 Å². The van der Waals surface area contributed by atoms with Crippen molar-refractivity contribution in [3.8, 4) is 0 Å². The van der Waals surface area contributed by atoms with E-state index in [1.807, 2.05) is 72.8 Å². The normalized spacial score (nSPS) is 13.5. The number of hydrogen-bond acceptors (Lipinski definition) is 6. The van der Waals surface area contributed by atoms with Gasteiger partial charge in [0.1, 0.15) is 0 Å². The van der Waals surface area contributed by atoms with Crippen molar-refractivity contribution < 1.29 is 30.0 Å². The minimum Gasteiger partial charge on any atom is -0.549 e. The van der Waals surface area contributed by atoms with Crippen LogP contribution in [0.5, 0.6) is 0 Å². The van der Waals surface area contributed by atoms with E-state index >= 15 is 0 Å². The first-order valence-corrected chi connectivity index (χ1v) is 18.3. The summed E-state index contributed by atoms with van der Waals surface area (Å²) in [5.41, 5.74) is 1.13. The number of aliphatic hydroxyl groups excluding tert-OH is 2. The van der Waals surface area contributed by atoms with Crippen LogP contribution in [0.1, 0.15) is 143 Å². The van der Waals surface area contributed by atoms with Crippen molar-refractivity contribution in [2.75, 3.05) is 0 Å². The Morgan fingerprint density at radius 3 is 1.12 bits per heavy atom. The van der Waals surface area contributed by atoms with E-state index in [0.717, 1.165) is 73.6 Å². The van der Waals surface area contributed by atoms with Crippen LogP contribution in [-0.2, 0) is 9.59 Å². The number of carboxylic acid groups (broad SMARTS) is 2. The zero-order chi connectivity index (χ0) is 36.0. The van der Waals surface area contributed by atoms with Crippen LogP contribution in [0.4, 0.5) is 0 Å². The van der Waals surface area contributed by atoms with Gasteiger partial charge >= 0.3 is 37.7 Å². The maximum absolute atomic E-state index is 11.8. The molecule has 2 atom stereocenters. The maximum atomic E-state index is 11.8. The number of carbonyl (C=O) groups excluding carboxylic acids is 2. The topological polar surface area (TPSA) is 121 Å². The largest absolute Gasteiger partial charge is 2.00 e. The Hall–Kier alpha value is -1.96. The molecule has 2 rings (SSSR count). The van der Waals surface area contributed by atoms with Crippen LogP contribution in [0.25, 0.3) is 12.2 Å². The molecule has 2 aromatic carbocycles. The molecule has 0 heterocycles. The molecular weight excluding hydrogens is 641 g/mol. The van der Waals surface area contributed by atoms with Crippen LogP contribution >= 0.6 is 0 Å². The standard InChI is InChI=1S/2C21H32O3.Ca/c2*1-4-7-8-12-15-18(16-17-13-10-9-11-14-17)19(22)21(5-2,6-3)20(23)24;/h2*9-11,13-14,16,19,22H,4-8,12,15H2,1-3H3,(H,23,24);/q;;+2/p-2. The van der Waals surface area contributed by atoms with Crippen LogP contribution in [0, 0.1) is 10.8 Å². The minimum atomic E-state index is -1.22. The Labute approximate surface area is 327 Å². The van der Waals surface area contributed by atoms with Gasteiger partial charge in [0, 0.05) is 10.8 Å². The third-order valence-electron chi connectivity index (χ3n) is 10.0. The van der Waals surface area contributed by atoms with Crippen molar-refractivity contribution in [1.29, 1.82) is 0 Å². The summed E-state index contributed by atoms with van der Waals surface area (Å²) in [5, 5.41) is 45.4. The molecule has 2 N–H and O–H groups in total. The molecule has 0 aliphatic rings. The molecule has 268 valence electrons. The quantitative estimate of drug-likeness (QED) is 0.0967. The summed E-state index contributed by atoms with van der Waals surface area (Å²) in [7, 11) is 0. The third-order valence-corrected chi connectivity index (χ3v) is 10.0. The van der Waals surface area contributed by atoms with Gasteiger partial charge in [-0.2, -0.15) is 0 Å². The van der Waals surface area contributed by atoms with E-state index in [1.165, 1.54) is 0 Å². The van der Waals surface area contributed by atoms with Crippen LogP contribution in [0.3, 0.4) is 0 Å². The molecule has 0 aliphatic heterocycles. The number of rotatable bonds is 22. The van der Waals surface area contributed by atoms with Gasteiger partial charge in [-0.3, -0.25) is 0 Å². The second-order valence-corrected chi connectivity index (χ2v) is 13.0. The zero-order valence-corrected chi connectivity index (χ0v) is 33.4. The molecule has 0 saturated carbocycles. The van der Waals surface area contributed by atoms with Gasteiger partial charge in [-0.15, -0.1) is 0 Å². The van der Waals surface area contributed by atoms with Gasteiger partial charge in [-0.25, -0.2) is 0 Å². The van der Waals surface area contributed by atoms with Gasteiger partial charge in [-0.05, 0) is 73.6 Å². The van der Waals surface area contributed by atoms with E-state index in [0.29, 0.717) is 38.5 Å². The molecule has 0 amide bonds. The molecule has 6 nitrogen and oxygen atoms in total. The summed E-state index contributed by atoms with van der Waals surface area (Å²) in [6, 6.07) is 19.5. The number of unbranched alkanes of at least 4 members (excludes halogenated alkanes) is 6. The summed E-state index contributed by atoms with van der Waals surface area (Å²) < 4.78 is 0. The molecule has 0 fully saturated rings. The van der Waals surface area contributed by atoms with Crippen molar-refractivity contribution in [3.05, 3.63) is 82.9 Å². The monoisotopic (exact) mass is 702 g/mol. The van der Waals surface area contributed by atoms with Crippen LogP contribution in [0.15, 0.2) is 71.8 Å². The second kappa shape index (κ2) is 25.9. The van der Waals surface area contributed by atoms with Gasteiger partial charge < -0.3 is 30.0 Å².